The molecule has 1 unspecified atom stereocenters. The number of amides is 2. The molecular weight excluding hydrogens is 292 g/mol. The molecule has 1 atom stereocenters. The number of nitrogens with zero attached hydrogens (tertiary/aromatic N) is 2. The van der Waals surface area contributed by atoms with Gasteiger partial charge in [0.2, 0.25) is 0 Å². The first kappa shape index (κ1) is 15.1. The molecule has 1 N–H and O–H groups in total. The minimum Gasteiger partial charge on any atom is -0.481 e. The average molecular weight is 306 g/mol. The Kier molecular flexibility index (Phi) is 4.32. The molecule has 1 fully saturated rings. The third kappa shape index (κ3) is 2.78. The van der Waals surface area contributed by atoms with E-state index in [-0.39, 0.29) is 11.7 Å². The van der Waals surface area contributed by atoms with Crippen LogP contribution >= 0.6 is 12.2 Å². The number of carboxylic acid groups (broad SMARTS) is 1. The average Bonchev–Trinajstić information content (AvgIpc) is 2.68. The Morgan fingerprint density at radius 1 is 1.24 bits per heavy atom. The number of anilines is 1. The molecule has 1 aliphatic heterocycles. The number of carboxylic acids is 1. The quantitative estimate of drug-likeness (QED) is 0.654. The zero-order valence-corrected chi connectivity index (χ0v) is 12.2. The lowest BCUT2D eigenvalue weighted by Gasteiger charge is -2.21. The molecule has 0 radical (unpaired) electrons. The monoisotopic (exact) mass is 306 g/mol. The molecule has 2 amide bonds. The lowest BCUT2D eigenvalue weighted by atomic mass is 10.1. The van der Waals surface area contributed by atoms with Gasteiger partial charge in [-0.05, 0) is 30.8 Å². The Labute approximate surface area is 127 Å². The summed E-state index contributed by atoms with van der Waals surface area (Å²) in [5.74, 6) is -3.32. The summed E-state index contributed by atoms with van der Waals surface area (Å²) in [6, 6.07) is 8.56. The summed E-state index contributed by atoms with van der Waals surface area (Å²) in [5.41, 5.74) is 0.492. The third-order valence-electron chi connectivity index (χ3n) is 3.31. The summed E-state index contributed by atoms with van der Waals surface area (Å²) in [4.78, 5) is 37.4. The summed E-state index contributed by atoms with van der Waals surface area (Å²) in [6.45, 7) is 1.61. The molecule has 1 aromatic rings. The van der Waals surface area contributed by atoms with Crippen molar-refractivity contribution in [2.24, 2.45) is 5.92 Å². The minimum absolute atomic E-state index is 0.0240. The number of hydrogen-bond acceptors (Lipinski definition) is 4. The van der Waals surface area contributed by atoms with Crippen LogP contribution < -0.4 is 4.90 Å². The molecular formula is C14H14N2O4S. The number of rotatable bonds is 5. The Hall–Kier alpha value is -2.28. The summed E-state index contributed by atoms with van der Waals surface area (Å²) in [6.07, 6.45) is 0.348. The molecule has 21 heavy (non-hydrogen) atoms. The molecule has 0 saturated carbocycles. The van der Waals surface area contributed by atoms with Crippen LogP contribution in [0.15, 0.2) is 30.3 Å². The fraction of sp³-hybridized carbons (Fsp3) is 0.286. The zero-order valence-electron chi connectivity index (χ0n) is 11.4. The second-order valence-electron chi connectivity index (χ2n) is 4.62. The smallest absolute Gasteiger partial charge is 0.323 e. The molecule has 2 rings (SSSR count). The van der Waals surface area contributed by atoms with Gasteiger partial charge in [-0.3, -0.25) is 19.3 Å². The highest BCUT2D eigenvalue weighted by Gasteiger charge is 2.43. The molecule has 0 aromatic heterocycles. The Morgan fingerprint density at radius 3 is 2.38 bits per heavy atom. The highest BCUT2D eigenvalue weighted by molar-refractivity contribution is 7.80. The summed E-state index contributed by atoms with van der Waals surface area (Å²) >= 11 is 5.17. The van der Waals surface area contributed by atoms with E-state index in [9.17, 15) is 14.4 Å². The van der Waals surface area contributed by atoms with Crippen LogP contribution in [0.25, 0.3) is 0 Å². The zero-order chi connectivity index (χ0) is 15.6. The van der Waals surface area contributed by atoms with Crippen LogP contribution in [0.3, 0.4) is 0 Å². The molecule has 1 heterocycles. The van der Waals surface area contributed by atoms with Crippen molar-refractivity contribution >= 4 is 40.8 Å². The number of para-hydroxylation sites is 1. The molecule has 6 nitrogen and oxygen atoms in total. The highest BCUT2D eigenvalue weighted by Crippen LogP contribution is 2.23. The van der Waals surface area contributed by atoms with Crippen molar-refractivity contribution in [1.82, 2.24) is 4.90 Å². The van der Waals surface area contributed by atoms with Crippen LogP contribution in [0.4, 0.5) is 5.69 Å². The third-order valence-corrected chi connectivity index (χ3v) is 3.72. The van der Waals surface area contributed by atoms with Gasteiger partial charge in [-0.1, -0.05) is 25.1 Å². The van der Waals surface area contributed by atoms with Crippen LogP contribution in [0, 0.1) is 5.92 Å². The van der Waals surface area contributed by atoms with E-state index in [4.69, 9.17) is 17.3 Å². The Bertz CT molecular complexity index is 602. The fourth-order valence-corrected chi connectivity index (χ4v) is 2.42. The number of aliphatic carboxylic acids is 1. The molecule has 0 aliphatic carbocycles. The van der Waals surface area contributed by atoms with Gasteiger partial charge in [0.1, 0.15) is 0 Å². The van der Waals surface area contributed by atoms with Crippen molar-refractivity contribution in [3.05, 3.63) is 30.3 Å². The van der Waals surface area contributed by atoms with E-state index in [1.165, 1.54) is 0 Å². The van der Waals surface area contributed by atoms with Gasteiger partial charge in [0.25, 0.3) is 0 Å². The topological polar surface area (TPSA) is 77.9 Å². The van der Waals surface area contributed by atoms with Gasteiger partial charge in [-0.25, -0.2) is 4.90 Å². The van der Waals surface area contributed by atoms with E-state index in [1.807, 2.05) is 0 Å². The van der Waals surface area contributed by atoms with Crippen molar-refractivity contribution in [2.45, 2.75) is 13.3 Å². The number of carbonyl (C=O) groups excluding carboxylic acids is 2. The van der Waals surface area contributed by atoms with Crippen molar-refractivity contribution in [3.8, 4) is 0 Å². The molecule has 1 saturated heterocycles. The molecule has 110 valence electrons. The summed E-state index contributed by atoms with van der Waals surface area (Å²) in [7, 11) is 0. The maximum atomic E-state index is 12.1. The van der Waals surface area contributed by atoms with Crippen LogP contribution in [-0.2, 0) is 14.4 Å². The number of benzene rings is 1. The first-order valence-corrected chi connectivity index (χ1v) is 6.86. The van der Waals surface area contributed by atoms with Crippen molar-refractivity contribution in [3.63, 3.8) is 0 Å². The standard InChI is InChI=1S/C14H14N2O4S/c1-2-9(13(19)20)8-15-11(17)12(18)16(14(15)21)10-6-4-3-5-7-10/h3-7,9H,2,8H2,1H3,(H,19,20). The SMILES string of the molecule is CCC(CN1C(=O)C(=O)N(c2ccccc2)C1=S)C(=O)O. The van der Waals surface area contributed by atoms with Gasteiger partial charge in [0, 0.05) is 6.54 Å². The minimum atomic E-state index is -1.02. The number of carbonyl (C=O) groups is 3. The van der Waals surface area contributed by atoms with Crippen LogP contribution in [0.2, 0.25) is 0 Å². The van der Waals surface area contributed by atoms with Crippen LogP contribution in [-0.4, -0.2) is 39.4 Å². The first-order valence-electron chi connectivity index (χ1n) is 6.45. The van der Waals surface area contributed by atoms with Gasteiger partial charge in [0.15, 0.2) is 5.11 Å². The maximum Gasteiger partial charge on any atom is 0.323 e. The normalized spacial score (nSPS) is 16.5. The predicted molar refractivity (Wildman–Crippen MR) is 79.7 cm³/mol. The van der Waals surface area contributed by atoms with Gasteiger partial charge >= 0.3 is 17.8 Å². The molecule has 1 aliphatic rings. The predicted octanol–water partition coefficient (Wildman–Crippen LogP) is 1.26. The second-order valence-corrected chi connectivity index (χ2v) is 4.98. The lowest BCUT2D eigenvalue weighted by Crippen LogP contribution is -2.38. The lowest BCUT2D eigenvalue weighted by molar-refractivity contribution is -0.144. The second kappa shape index (κ2) is 6.01. The van der Waals surface area contributed by atoms with E-state index in [0.717, 1.165) is 9.80 Å². The van der Waals surface area contributed by atoms with E-state index < -0.39 is 23.7 Å². The van der Waals surface area contributed by atoms with Gasteiger partial charge < -0.3 is 5.11 Å². The van der Waals surface area contributed by atoms with E-state index in [1.54, 1.807) is 37.3 Å². The van der Waals surface area contributed by atoms with Crippen molar-refractivity contribution < 1.29 is 19.5 Å². The highest BCUT2D eigenvalue weighted by atomic mass is 32.1. The molecule has 7 heteroatoms. The van der Waals surface area contributed by atoms with Crippen LogP contribution in [0.1, 0.15) is 13.3 Å². The van der Waals surface area contributed by atoms with E-state index in [0.29, 0.717) is 12.1 Å². The van der Waals surface area contributed by atoms with Crippen molar-refractivity contribution in [1.29, 1.82) is 0 Å². The Morgan fingerprint density at radius 2 is 1.86 bits per heavy atom. The molecule has 0 bridgehead atoms. The number of thiocarbonyl (C=S) groups is 1. The van der Waals surface area contributed by atoms with Gasteiger partial charge in [0.05, 0.1) is 11.6 Å². The summed E-state index contributed by atoms with van der Waals surface area (Å²) < 4.78 is 0. The van der Waals surface area contributed by atoms with Crippen LogP contribution in [0.5, 0.6) is 0 Å². The van der Waals surface area contributed by atoms with E-state index in [2.05, 4.69) is 0 Å². The number of hydrogen-bond donors (Lipinski definition) is 1. The van der Waals surface area contributed by atoms with Gasteiger partial charge in [-0.2, -0.15) is 0 Å². The Balaban J connectivity index is 2.27. The van der Waals surface area contributed by atoms with Gasteiger partial charge in [-0.15, -0.1) is 0 Å². The maximum absolute atomic E-state index is 12.1. The summed E-state index contributed by atoms with van der Waals surface area (Å²) in [5, 5.41) is 9.10. The van der Waals surface area contributed by atoms with Crippen molar-refractivity contribution in [2.75, 3.05) is 11.4 Å². The molecule has 1 aromatic carbocycles. The molecule has 0 spiro atoms. The van der Waals surface area contributed by atoms with E-state index >= 15 is 0 Å². The largest absolute Gasteiger partial charge is 0.481 e. The fourth-order valence-electron chi connectivity index (χ4n) is 2.07. The first-order chi connectivity index (χ1) is 9.97.